The molecule has 6 nitrogen and oxygen atoms in total. The maximum Gasteiger partial charge on any atom is 0.162 e. The quantitative estimate of drug-likeness (QED) is 0.502. The molecule has 0 bridgehead atoms. The summed E-state index contributed by atoms with van der Waals surface area (Å²) in [7, 11) is 0. The summed E-state index contributed by atoms with van der Waals surface area (Å²) in [6, 6.07) is 25.7. The van der Waals surface area contributed by atoms with Crippen molar-refractivity contribution in [1.82, 2.24) is 25.0 Å². The van der Waals surface area contributed by atoms with Crippen LogP contribution in [0.3, 0.4) is 0 Å². The van der Waals surface area contributed by atoms with Crippen LogP contribution in [0.5, 0.6) is 0 Å². The first-order chi connectivity index (χ1) is 14.2. The normalized spacial score (nSPS) is 11.1. The van der Waals surface area contributed by atoms with Gasteiger partial charge in [0.05, 0.1) is 11.4 Å². The molecule has 0 radical (unpaired) electrons. The Morgan fingerprint density at radius 3 is 2.21 bits per heavy atom. The van der Waals surface area contributed by atoms with Gasteiger partial charge in [0.1, 0.15) is 5.69 Å². The first-order valence-corrected chi connectivity index (χ1v) is 9.31. The second-order valence-corrected chi connectivity index (χ2v) is 6.82. The molecule has 2 aromatic carbocycles. The van der Waals surface area contributed by atoms with Gasteiger partial charge >= 0.3 is 0 Å². The van der Waals surface area contributed by atoms with Crippen molar-refractivity contribution in [3.8, 4) is 28.2 Å². The molecule has 2 N–H and O–H groups in total. The number of nitrogens with zero attached hydrogens (tertiary/aromatic N) is 5. The molecule has 6 heteroatoms. The maximum absolute atomic E-state index is 6.47. The highest BCUT2D eigenvalue weighted by Gasteiger charge is 2.17. The predicted octanol–water partition coefficient (Wildman–Crippen LogP) is 4.44. The summed E-state index contributed by atoms with van der Waals surface area (Å²) in [5.74, 6) is 0.475. The minimum atomic E-state index is 0.475. The average molecular weight is 378 g/mol. The highest BCUT2D eigenvalue weighted by atomic mass is 15.5. The molecular formula is C23H18N6. The molecule has 5 rings (SSSR count). The second-order valence-electron chi connectivity index (χ2n) is 6.82. The van der Waals surface area contributed by atoms with Gasteiger partial charge < -0.3 is 5.73 Å². The largest absolute Gasteiger partial charge is 0.382 e. The molecule has 140 valence electrons. The number of pyridine rings is 2. The Labute approximate surface area is 167 Å². The van der Waals surface area contributed by atoms with Gasteiger partial charge in [0, 0.05) is 22.2 Å². The summed E-state index contributed by atoms with van der Waals surface area (Å²) < 4.78 is 1.66. The third-order valence-electron chi connectivity index (χ3n) is 4.84. The van der Waals surface area contributed by atoms with Crippen LogP contribution in [0, 0.1) is 6.92 Å². The molecule has 3 aromatic heterocycles. The number of fused-ring (bicyclic) bond motifs is 1. The Morgan fingerprint density at radius 1 is 0.793 bits per heavy atom. The fourth-order valence-electron chi connectivity index (χ4n) is 3.38. The van der Waals surface area contributed by atoms with E-state index in [1.165, 1.54) is 0 Å². The number of anilines is 1. The van der Waals surface area contributed by atoms with Gasteiger partial charge in [0.2, 0.25) is 0 Å². The van der Waals surface area contributed by atoms with Crippen molar-refractivity contribution in [2.75, 3.05) is 5.73 Å². The lowest BCUT2D eigenvalue weighted by Gasteiger charge is -2.11. The van der Waals surface area contributed by atoms with Crippen LogP contribution in [0.15, 0.2) is 78.9 Å². The van der Waals surface area contributed by atoms with E-state index in [9.17, 15) is 0 Å². The van der Waals surface area contributed by atoms with Gasteiger partial charge in [0.15, 0.2) is 11.5 Å². The van der Waals surface area contributed by atoms with Crippen molar-refractivity contribution in [2.24, 2.45) is 0 Å². The molecule has 0 fully saturated rings. The molecule has 3 heterocycles. The summed E-state index contributed by atoms with van der Waals surface area (Å²) >= 11 is 0. The molecule has 0 saturated heterocycles. The van der Waals surface area contributed by atoms with Gasteiger partial charge in [-0.25, -0.2) is 9.97 Å². The fourth-order valence-corrected chi connectivity index (χ4v) is 3.38. The minimum Gasteiger partial charge on any atom is -0.382 e. The molecule has 0 atom stereocenters. The number of nitrogen functional groups attached to an aromatic ring is 1. The summed E-state index contributed by atoms with van der Waals surface area (Å²) in [5.41, 5.74) is 12.2. The van der Waals surface area contributed by atoms with Crippen LogP contribution in [0.4, 0.5) is 5.82 Å². The molecule has 5 aromatic rings. The van der Waals surface area contributed by atoms with Crippen molar-refractivity contribution in [2.45, 2.75) is 6.92 Å². The smallest absolute Gasteiger partial charge is 0.162 e. The van der Waals surface area contributed by atoms with Crippen LogP contribution in [0.2, 0.25) is 0 Å². The van der Waals surface area contributed by atoms with Crippen LogP contribution in [-0.4, -0.2) is 25.0 Å². The van der Waals surface area contributed by atoms with E-state index in [2.05, 4.69) is 15.3 Å². The highest BCUT2D eigenvalue weighted by molar-refractivity contribution is 5.88. The zero-order chi connectivity index (χ0) is 19.8. The van der Waals surface area contributed by atoms with Crippen LogP contribution in [0.1, 0.15) is 5.69 Å². The lowest BCUT2D eigenvalue weighted by Crippen LogP contribution is -2.05. The highest BCUT2D eigenvalue weighted by Crippen LogP contribution is 2.30. The van der Waals surface area contributed by atoms with E-state index in [1.807, 2.05) is 85.8 Å². The Balaban J connectivity index is 1.76. The monoisotopic (exact) mass is 378 g/mol. The molecule has 0 aliphatic rings. The van der Waals surface area contributed by atoms with Gasteiger partial charge in [-0.1, -0.05) is 65.9 Å². The topological polar surface area (TPSA) is 82.5 Å². The zero-order valence-corrected chi connectivity index (χ0v) is 15.8. The molecule has 29 heavy (non-hydrogen) atoms. The van der Waals surface area contributed by atoms with E-state index < -0.39 is 0 Å². The number of aryl methyl sites for hydroxylation is 1. The van der Waals surface area contributed by atoms with Crippen molar-refractivity contribution in [1.29, 1.82) is 0 Å². The third kappa shape index (κ3) is 3.00. The Kier molecular flexibility index (Phi) is 4.02. The van der Waals surface area contributed by atoms with Gasteiger partial charge in [-0.05, 0) is 25.1 Å². The van der Waals surface area contributed by atoms with E-state index in [-0.39, 0.29) is 0 Å². The van der Waals surface area contributed by atoms with Crippen LogP contribution >= 0.6 is 0 Å². The molecule has 0 spiro atoms. The predicted molar refractivity (Wildman–Crippen MR) is 114 cm³/mol. The lowest BCUT2D eigenvalue weighted by atomic mass is 10.1. The number of hydrogen-bond donors (Lipinski definition) is 1. The van der Waals surface area contributed by atoms with Gasteiger partial charge in [-0.15, -0.1) is 5.10 Å². The number of rotatable bonds is 3. The number of nitrogens with two attached hydrogens (primary N) is 1. The summed E-state index contributed by atoms with van der Waals surface area (Å²) in [4.78, 5) is 9.40. The Morgan fingerprint density at radius 2 is 1.48 bits per heavy atom. The Hall–Kier alpha value is -4.06. The minimum absolute atomic E-state index is 0.475. The molecule has 0 amide bonds. The first kappa shape index (κ1) is 17.1. The van der Waals surface area contributed by atoms with Crippen LogP contribution in [0.25, 0.3) is 39.2 Å². The van der Waals surface area contributed by atoms with Gasteiger partial charge in [-0.3, -0.25) is 0 Å². The SMILES string of the molecule is Cc1ccc2c(-n3nnc(-c4ccccc4)c3N)cc(-c3ccccc3)nc2n1. The number of aromatic nitrogens is 5. The average Bonchev–Trinajstić information content (AvgIpc) is 3.15. The standard InChI is InChI=1S/C23H18N6/c1-15-12-13-18-20(14-19(26-23(18)25-15)16-8-4-2-5-9-16)29-22(24)21(27-28-29)17-10-6-3-7-11-17/h2-14H,24H2,1H3. The van der Waals surface area contributed by atoms with E-state index in [0.717, 1.165) is 33.6 Å². The molecule has 0 aliphatic carbocycles. The van der Waals surface area contributed by atoms with Gasteiger partial charge in [-0.2, -0.15) is 4.68 Å². The van der Waals surface area contributed by atoms with E-state index in [0.29, 0.717) is 17.2 Å². The summed E-state index contributed by atoms with van der Waals surface area (Å²) in [6.45, 7) is 1.95. The third-order valence-corrected chi connectivity index (χ3v) is 4.84. The fraction of sp³-hybridized carbons (Fsp3) is 0.0435. The Bertz CT molecular complexity index is 1310. The van der Waals surface area contributed by atoms with E-state index in [4.69, 9.17) is 10.7 Å². The molecule has 0 aliphatic heterocycles. The van der Waals surface area contributed by atoms with Crippen molar-refractivity contribution >= 4 is 16.9 Å². The maximum atomic E-state index is 6.47. The number of benzene rings is 2. The first-order valence-electron chi connectivity index (χ1n) is 9.31. The molecule has 0 saturated carbocycles. The summed E-state index contributed by atoms with van der Waals surface area (Å²) in [5, 5.41) is 9.56. The lowest BCUT2D eigenvalue weighted by molar-refractivity contribution is 0.814. The van der Waals surface area contributed by atoms with Gasteiger partial charge in [0.25, 0.3) is 0 Å². The van der Waals surface area contributed by atoms with E-state index >= 15 is 0 Å². The van der Waals surface area contributed by atoms with E-state index in [1.54, 1.807) is 4.68 Å². The van der Waals surface area contributed by atoms with Crippen molar-refractivity contribution < 1.29 is 0 Å². The number of hydrogen-bond acceptors (Lipinski definition) is 5. The van der Waals surface area contributed by atoms with Crippen molar-refractivity contribution in [3.05, 3.63) is 84.6 Å². The second kappa shape index (κ2) is 6.83. The van der Waals surface area contributed by atoms with Crippen LogP contribution in [-0.2, 0) is 0 Å². The molecule has 0 unspecified atom stereocenters. The van der Waals surface area contributed by atoms with Crippen LogP contribution < -0.4 is 5.73 Å². The molecular weight excluding hydrogens is 360 g/mol. The summed E-state index contributed by atoms with van der Waals surface area (Å²) in [6.07, 6.45) is 0. The zero-order valence-electron chi connectivity index (χ0n) is 15.8. The van der Waals surface area contributed by atoms with Crippen molar-refractivity contribution in [3.63, 3.8) is 0 Å².